The minimum absolute atomic E-state index is 0.245. The molecule has 0 radical (unpaired) electrons. The molecule has 1 aliphatic heterocycles. The Kier molecular flexibility index (Phi) is 4.90. The van der Waals surface area contributed by atoms with E-state index in [1.165, 1.54) is 23.7 Å². The molecule has 0 unspecified atom stereocenters. The molecule has 1 saturated heterocycles. The van der Waals surface area contributed by atoms with Crippen molar-refractivity contribution in [2.24, 2.45) is 5.92 Å². The van der Waals surface area contributed by atoms with E-state index in [1.807, 2.05) is 6.82 Å². The van der Waals surface area contributed by atoms with E-state index in [2.05, 4.69) is 27.4 Å². The van der Waals surface area contributed by atoms with Crippen molar-refractivity contribution < 1.29 is 5.02 Å². The van der Waals surface area contributed by atoms with E-state index in [0.29, 0.717) is 0 Å². The molecule has 1 N–H and O–H groups in total. The maximum absolute atomic E-state index is 9.32. The number of alkyl halides is 1. The Bertz CT molecular complexity index is 126. The molecule has 1 rings (SSSR count). The van der Waals surface area contributed by atoms with Gasteiger partial charge in [0.25, 0.3) is 0 Å². The van der Waals surface area contributed by atoms with E-state index in [0.717, 1.165) is 19.0 Å². The van der Waals surface area contributed by atoms with Crippen molar-refractivity contribution in [2.45, 2.75) is 26.1 Å². The molecule has 0 amide bonds. The summed E-state index contributed by atoms with van der Waals surface area (Å²) in [6, 6.07) is 0. The van der Waals surface area contributed by atoms with Crippen molar-refractivity contribution in [1.82, 2.24) is 4.81 Å². The fourth-order valence-electron chi connectivity index (χ4n) is 1.77. The summed E-state index contributed by atoms with van der Waals surface area (Å²) in [6.07, 6.45) is 3.90. The zero-order chi connectivity index (χ0) is 8.97. The van der Waals surface area contributed by atoms with Gasteiger partial charge in [-0.25, -0.2) is 0 Å². The van der Waals surface area contributed by atoms with Crippen molar-refractivity contribution in [2.75, 3.05) is 17.5 Å². The summed E-state index contributed by atoms with van der Waals surface area (Å²) in [7, 11) is -0.245. The van der Waals surface area contributed by atoms with Crippen LogP contribution in [0.1, 0.15) is 19.3 Å². The van der Waals surface area contributed by atoms with Crippen LogP contribution in [0.15, 0.2) is 0 Å². The van der Waals surface area contributed by atoms with E-state index in [4.69, 9.17) is 0 Å². The monoisotopic (exact) mass is 281 g/mol. The van der Waals surface area contributed by atoms with Crippen LogP contribution in [0, 0.1) is 5.92 Å². The lowest BCUT2D eigenvalue weighted by molar-refractivity contribution is 0.248. The summed E-state index contributed by atoms with van der Waals surface area (Å²) in [5.74, 6) is 0.914. The Hall–Kier alpha value is 0.715. The molecule has 2 nitrogen and oxygen atoms in total. The van der Waals surface area contributed by atoms with Gasteiger partial charge >= 0.3 is 7.05 Å². The Morgan fingerprint density at radius 2 is 2.08 bits per heavy atom. The zero-order valence-electron chi connectivity index (χ0n) is 7.67. The summed E-state index contributed by atoms with van der Waals surface area (Å²) in [5, 5.41) is 9.32. The lowest BCUT2D eigenvalue weighted by atomic mass is 9.80. The van der Waals surface area contributed by atoms with Gasteiger partial charge in [-0.3, -0.25) is 0 Å². The number of piperidine rings is 1. The highest BCUT2D eigenvalue weighted by Crippen LogP contribution is 2.21. The molecule has 0 saturated carbocycles. The first kappa shape index (κ1) is 10.8. The smallest absolute Gasteiger partial charge is 0.376 e. The van der Waals surface area contributed by atoms with Crippen LogP contribution in [0.5, 0.6) is 0 Å². The Balaban J connectivity index is 2.20. The summed E-state index contributed by atoms with van der Waals surface area (Å²) in [6.45, 7) is 4.02. The van der Waals surface area contributed by atoms with Gasteiger partial charge in [0.2, 0.25) is 0 Å². The SMILES string of the molecule is CB(O)N1CCC(CCI)CC1. The first-order valence-electron chi connectivity index (χ1n) is 4.72. The van der Waals surface area contributed by atoms with Gasteiger partial charge in [-0.2, -0.15) is 0 Å². The Morgan fingerprint density at radius 3 is 2.50 bits per heavy atom. The van der Waals surface area contributed by atoms with Gasteiger partial charge < -0.3 is 9.83 Å². The highest BCUT2D eigenvalue weighted by Gasteiger charge is 2.23. The van der Waals surface area contributed by atoms with Crippen LogP contribution in [0.4, 0.5) is 0 Å². The molecule has 70 valence electrons. The molecule has 4 heteroatoms. The highest BCUT2D eigenvalue weighted by molar-refractivity contribution is 14.1. The molecule has 0 bridgehead atoms. The molecular formula is C8H17BINO. The van der Waals surface area contributed by atoms with Gasteiger partial charge in [-0.1, -0.05) is 22.6 Å². The Labute approximate surface area is 89.0 Å². The van der Waals surface area contributed by atoms with Gasteiger partial charge in [-0.15, -0.1) is 0 Å². The Morgan fingerprint density at radius 1 is 1.50 bits per heavy atom. The molecule has 0 aliphatic carbocycles. The maximum atomic E-state index is 9.32. The molecule has 1 fully saturated rings. The second-order valence-corrected chi connectivity index (χ2v) is 4.67. The standard InChI is InChI=1S/C8H17BINO/c1-9(12)11-6-3-8(2-5-10)4-7-11/h8,12H,2-7H2,1H3. The van der Waals surface area contributed by atoms with Crippen LogP contribution in [0.25, 0.3) is 0 Å². The quantitative estimate of drug-likeness (QED) is 0.483. The predicted octanol–water partition coefficient (Wildman–Crippen LogP) is 1.63. The van der Waals surface area contributed by atoms with Crippen molar-refractivity contribution in [3.63, 3.8) is 0 Å². The number of nitrogens with zero attached hydrogens (tertiary/aromatic N) is 1. The van der Waals surface area contributed by atoms with Crippen LogP contribution in [0.3, 0.4) is 0 Å². The number of halogens is 1. The topological polar surface area (TPSA) is 23.5 Å². The number of hydrogen-bond acceptors (Lipinski definition) is 2. The molecule has 12 heavy (non-hydrogen) atoms. The third kappa shape index (κ3) is 3.22. The molecule has 0 spiro atoms. The second-order valence-electron chi connectivity index (χ2n) is 3.59. The van der Waals surface area contributed by atoms with Gasteiger partial charge in [0.15, 0.2) is 0 Å². The fraction of sp³-hybridized carbons (Fsp3) is 1.00. The lowest BCUT2D eigenvalue weighted by Gasteiger charge is -2.32. The molecule has 0 atom stereocenters. The summed E-state index contributed by atoms with van der Waals surface area (Å²) in [4.78, 5) is 2.16. The lowest BCUT2D eigenvalue weighted by Crippen LogP contribution is -2.42. The molecule has 0 aromatic carbocycles. The maximum Gasteiger partial charge on any atom is 0.376 e. The first-order valence-corrected chi connectivity index (χ1v) is 6.24. The van der Waals surface area contributed by atoms with E-state index in [9.17, 15) is 5.02 Å². The first-order chi connectivity index (χ1) is 5.74. The summed E-state index contributed by atoms with van der Waals surface area (Å²) >= 11 is 2.45. The third-order valence-corrected chi connectivity index (χ3v) is 3.32. The van der Waals surface area contributed by atoms with Crippen LogP contribution < -0.4 is 0 Å². The predicted molar refractivity (Wildman–Crippen MR) is 61.6 cm³/mol. The minimum Gasteiger partial charge on any atom is -0.437 e. The van der Waals surface area contributed by atoms with Crippen molar-refractivity contribution in [3.8, 4) is 0 Å². The van der Waals surface area contributed by atoms with E-state index in [-0.39, 0.29) is 7.05 Å². The van der Waals surface area contributed by atoms with Crippen molar-refractivity contribution >= 4 is 29.6 Å². The normalized spacial score (nSPS) is 21.2. The molecule has 1 heterocycles. The van der Waals surface area contributed by atoms with E-state index < -0.39 is 0 Å². The van der Waals surface area contributed by atoms with E-state index >= 15 is 0 Å². The number of rotatable bonds is 3. The molecule has 1 aliphatic rings. The summed E-state index contributed by atoms with van der Waals surface area (Å²) in [5.41, 5.74) is 0. The van der Waals surface area contributed by atoms with Crippen LogP contribution in [0.2, 0.25) is 6.82 Å². The average Bonchev–Trinajstić information content (AvgIpc) is 2.06. The zero-order valence-corrected chi connectivity index (χ0v) is 9.83. The third-order valence-electron chi connectivity index (χ3n) is 2.69. The van der Waals surface area contributed by atoms with Crippen LogP contribution >= 0.6 is 22.6 Å². The van der Waals surface area contributed by atoms with Gasteiger partial charge in [0.1, 0.15) is 0 Å². The van der Waals surface area contributed by atoms with Crippen LogP contribution in [-0.4, -0.2) is 34.4 Å². The van der Waals surface area contributed by atoms with E-state index in [1.54, 1.807) is 0 Å². The summed E-state index contributed by atoms with van der Waals surface area (Å²) < 4.78 is 1.27. The van der Waals surface area contributed by atoms with Gasteiger partial charge in [-0.05, 0) is 49.5 Å². The molecular weight excluding hydrogens is 264 g/mol. The van der Waals surface area contributed by atoms with Crippen molar-refractivity contribution in [1.29, 1.82) is 0 Å². The molecule has 0 aromatic rings. The fourth-order valence-corrected chi connectivity index (χ4v) is 2.65. The minimum atomic E-state index is -0.245. The molecule has 0 aromatic heterocycles. The van der Waals surface area contributed by atoms with Gasteiger partial charge in [0, 0.05) is 0 Å². The largest absolute Gasteiger partial charge is 0.437 e. The van der Waals surface area contributed by atoms with Crippen molar-refractivity contribution in [3.05, 3.63) is 0 Å². The second kappa shape index (κ2) is 5.45. The average molecular weight is 281 g/mol. The number of hydrogen-bond donors (Lipinski definition) is 1. The van der Waals surface area contributed by atoms with Gasteiger partial charge in [0.05, 0.1) is 0 Å². The highest BCUT2D eigenvalue weighted by atomic mass is 127. The van der Waals surface area contributed by atoms with Crippen LogP contribution in [-0.2, 0) is 0 Å².